The third-order valence-electron chi connectivity index (χ3n) is 11.2. The van der Waals surface area contributed by atoms with Gasteiger partial charge in [0.25, 0.3) is 0 Å². The van der Waals surface area contributed by atoms with Crippen LogP contribution in [0, 0.1) is 0 Å². The smallest absolute Gasteiger partial charge is 0.0476 e. The normalized spacial score (nSPS) is 11.9. The van der Waals surface area contributed by atoms with Crippen molar-refractivity contribution in [3.05, 3.63) is 188 Å². The van der Waals surface area contributed by atoms with Crippen LogP contribution < -0.4 is 4.90 Å². The maximum Gasteiger partial charge on any atom is 0.0476 e. The van der Waals surface area contributed by atoms with Gasteiger partial charge in [-0.2, -0.15) is 0 Å². The number of anilines is 3. The predicted molar refractivity (Wildman–Crippen MR) is 248 cm³/mol. The van der Waals surface area contributed by atoms with Gasteiger partial charge in [0.05, 0.1) is 0 Å². The fourth-order valence-corrected chi connectivity index (χ4v) is 11.8. The first-order chi connectivity index (χ1) is 27.7. The fraction of sp³-hybridized carbons (Fsp3) is 0. The summed E-state index contributed by atoms with van der Waals surface area (Å²) in [6.07, 6.45) is 0. The van der Waals surface area contributed by atoms with E-state index in [4.69, 9.17) is 0 Å². The van der Waals surface area contributed by atoms with Gasteiger partial charge in [-0.25, -0.2) is 0 Å². The summed E-state index contributed by atoms with van der Waals surface area (Å²) >= 11 is 5.62. The number of benzene rings is 9. The number of nitrogens with zero attached hydrogens (tertiary/aromatic N) is 1. The first kappa shape index (κ1) is 32.0. The van der Waals surface area contributed by atoms with Crippen LogP contribution in [-0.2, 0) is 0 Å². The summed E-state index contributed by atoms with van der Waals surface area (Å²) < 4.78 is 6.56. The number of hydrogen-bond donors (Lipinski definition) is 0. The molecule has 0 N–H and O–H groups in total. The van der Waals surface area contributed by atoms with E-state index >= 15 is 0 Å². The molecule has 0 spiro atoms. The van der Waals surface area contributed by atoms with Gasteiger partial charge >= 0.3 is 0 Å². The Morgan fingerprint density at radius 3 is 1.23 bits per heavy atom. The van der Waals surface area contributed by atoms with Gasteiger partial charge in [0.15, 0.2) is 0 Å². The minimum Gasteiger partial charge on any atom is -0.310 e. The third-order valence-corrected chi connectivity index (χ3v) is 14.6. The average Bonchev–Trinajstić information content (AvgIpc) is 3.95. The highest BCUT2D eigenvalue weighted by Gasteiger charge is 2.18. The molecule has 0 aliphatic rings. The molecule has 0 fully saturated rings. The molecule has 3 aromatic heterocycles. The Morgan fingerprint density at radius 1 is 0.268 bits per heavy atom. The van der Waals surface area contributed by atoms with E-state index in [1.54, 1.807) is 0 Å². The molecule has 0 aliphatic carbocycles. The summed E-state index contributed by atoms with van der Waals surface area (Å²) in [7, 11) is 0. The van der Waals surface area contributed by atoms with Crippen LogP contribution in [0.4, 0.5) is 17.1 Å². The molecule has 0 bridgehead atoms. The standard InChI is InChI=1S/C52H31NS3/c1-3-9-37-27-49-45(25-35(37)7-1)43-23-21-41(30-51(43)55-49)53(42-22-24-44-46-26-36-8-2-4-10-38(36)28-50(46)56-52(44)31-42)40-19-17-33(18-20-40)32-13-15-34(16-14-32)48-29-39-11-5-6-12-47(39)54-48/h1-31H. The minimum atomic E-state index is 1.13. The molecule has 0 radical (unpaired) electrons. The maximum atomic E-state index is 2.43. The zero-order valence-corrected chi connectivity index (χ0v) is 32.5. The van der Waals surface area contributed by atoms with Crippen molar-refractivity contribution in [3.8, 4) is 21.6 Å². The lowest BCUT2D eigenvalue weighted by atomic mass is 10.0. The SMILES string of the molecule is c1ccc2cc3c(cc2c1)sc1cc(N(c2ccc(-c4ccc(-c5cc6ccccc6s5)cc4)cc2)c2ccc4c(c2)sc2cc5ccccc5cc24)ccc13. The van der Waals surface area contributed by atoms with Crippen molar-refractivity contribution in [2.45, 2.75) is 0 Å². The molecule has 4 heteroatoms. The Kier molecular flexibility index (Phi) is 7.21. The van der Waals surface area contributed by atoms with E-state index in [-0.39, 0.29) is 0 Å². The Labute approximate surface area is 335 Å². The highest BCUT2D eigenvalue weighted by molar-refractivity contribution is 7.26. The minimum absolute atomic E-state index is 1.13. The molecule has 3 heterocycles. The summed E-state index contributed by atoms with van der Waals surface area (Å²) in [6, 6.07) is 69.8. The first-order valence-corrected chi connectivity index (χ1v) is 21.3. The molecule has 262 valence electrons. The largest absolute Gasteiger partial charge is 0.310 e. The third kappa shape index (κ3) is 5.25. The summed E-state index contributed by atoms with van der Waals surface area (Å²) in [4.78, 5) is 3.73. The van der Waals surface area contributed by atoms with Crippen molar-refractivity contribution in [1.82, 2.24) is 0 Å². The van der Waals surface area contributed by atoms with E-state index in [1.807, 2.05) is 34.0 Å². The van der Waals surface area contributed by atoms with Crippen LogP contribution in [0.25, 0.3) is 93.5 Å². The van der Waals surface area contributed by atoms with Crippen molar-refractivity contribution in [2.75, 3.05) is 4.90 Å². The molecule has 0 aliphatic heterocycles. The molecule has 0 atom stereocenters. The zero-order valence-electron chi connectivity index (χ0n) is 30.1. The summed E-state index contributed by atoms with van der Waals surface area (Å²) in [5.41, 5.74) is 7.11. The van der Waals surface area contributed by atoms with E-state index in [1.165, 1.54) is 93.5 Å². The molecule has 56 heavy (non-hydrogen) atoms. The molecule has 0 saturated heterocycles. The maximum absolute atomic E-state index is 2.43. The van der Waals surface area contributed by atoms with Crippen LogP contribution in [0.2, 0.25) is 0 Å². The summed E-state index contributed by atoms with van der Waals surface area (Å²) in [5.74, 6) is 0. The van der Waals surface area contributed by atoms with Gasteiger partial charge in [0.2, 0.25) is 0 Å². The molecular weight excluding hydrogens is 735 g/mol. The van der Waals surface area contributed by atoms with Crippen molar-refractivity contribution in [1.29, 1.82) is 0 Å². The van der Waals surface area contributed by atoms with E-state index in [9.17, 15) is 0 Å². The Morgan fingerprint density at radius 2 is 0.696 bits per heavy atom. The van der Waals surface area contributed by atoms with Crippen molar-refractivity contribution >= 4 is 123 Å². The van der Waals surface area contributed by atoms with Crippen LogP contribution >= 0.6 is 34.0 Å². The van der Waals surface area contributed by atoms with Gasteiger partial charge in [-0.3, -0.25) is 0 Å². The highest BCUT2D eigenvalue weighted by atomic mass is 32.1. The van der Waals surface area contributed by atoms with Crippen molar-refractivity contribution < 1.29 is 0 Å². The number of fused-ring (bicyclic) bond motifs is 9. The van der Waals surface area contributed by atoms with Crippen LogP contribution in [0.3, 0.4) is 0 Å². The fourth-order valence-electron chi connectivity index (χ4n) is 8.38. The van der Waals surface area contributed by atoms with E-state index < -0.39 is 0 Å². The van der Waals surface area contributed by atoms with Gasteiger partial charge in [-0.1, -0.05) is 115 Å². The van der Waals surface area contributed by atoms with Crippen LogP contribution in [0.1, 0.15) is 0 Å². The van der Waals surface area contributed by atoms with E-state index in [2.05, 4.69) is 193 Å². The van der Waals surface area contributed by atoms with E-state index in [0.717, 1.165) is 17.1 Å². The quantitative estimate of drug-likeness (QED) is 0.169. The van der Waals surface area contributed by atoms with Gasteiger partial charge in [-0.15, -0.1) is 34.0 Å². The Bertz CT molecular complexity index is 3290. The van der Waals surface area contributed by atoms with Gasteiger partial charge < -0.3 is 4.90 Å². The molecule has 0 saturated carbocycles. The second-order valence-corrected chi connectivity index (χ2v) is 17.8. The van der Waals surface area contributed by atoms with Crippen LogP contribution in [0.15, 0.2) is 188 Å². The van der Waals surface area contributed by atoms with Gasteiger partial charge in [0, 0.05) is 67.0 Å². The predicted octanol–water partition coefficient (Wildman–Crippen LogP) is 16.7. The monoisotopic (exact) mass is 765 g/mol. The van der Waals surface area contributed by atoms with E-state index in [0.29, 0.717) is 0 Å². The van der Waals surface area contributed by atoms with Crippen molar-refractivity contribution in [2.24, 2.45) is 0 Å². The molecule has 12 aromatic rings. The molecule has 0 amide bonds. The lowest BCUT2D eigenvalue weighted by Gasteiger charge is -2.26. The first-order valence-electron chi connectivity index (χ1n) is 18.9. The zero-order chi connectivity index (χ0) is 36.7. The Balaban J connectivity index is 0.964. The molecule has 1 nitrogen and oxygen atoms in total. The average molecular weight is 766 g/mol. The number of rotatable bonds is 5. The molecule has 0 unspecified atom stereocenters. The summed E-state index contributed by atoms with van der Waals surface area (Å²) in [5, 5.41) is 11.7. The molecular formula is C52H31NS3. The summed E-state index contributed by atoms with van der Waals surface area (Å²) in [6.45, 7) is 0. The molecule has 12 rings (SSSR count). The number of hydrogen-bond acceptors (Lipinski definition) is 4. The lowest BCUT2D eigenvalue weighted by Crippen LogP contribution is -2.09. The van der Waals surface area contributed by atoms with Gasteiger partial charge in [0.1, 0.15) is 0 Å². The Hall–Kier alpha value is -6.30. The van der Waals surface area contributed by atoms with Crippen molar-refractivity contribution in [3.63, 3.8) is 0 Å². The second-order valence-electron chi connectivity index (χ2n) is 14.6. The lowest BCUT2D eigenvalue weighted by molar-refractivity contribution is 1.30. The van der Waals surface area contributed by atoms with Crippen LogP contribution in [-0.4, -0.2) is 0 Å². The topological polar surface area (TPSA) is 3.24 Å². The van der Waals surface area contributed by atoms with Crippen LogP contribution in [0.5, 0.6) is 0 Å². The highest BCUT2D eigenvalue weighted by Crippen LogP contribution is 2.45. The molecule has 9 aromatic carbocycles. The van der Waals surface area contributed by atoms with Gasteiger partial charge in [-0.05, 0) is 116 Å². The second kappa shape index (κ2) is 12.6. The number of thiophene rings is 3.